The quantitative estimate of drug-likeness (QED) is 0.447. The summed E-state index contributed by atoms with van der Waals surface area (Å²) < 4.78 is 17.4. The molecule has 0 aliphatic heterocycles. The Morgan fingerprint density at radius 2 is 2.25 bits per heavy atom. The first-order valence-electron chi connectivity index (χ1n) is 4.63. The van der Waals surface area contributed by atoms with Gasteiger partial charge >= 0.3 is 5.97 Å². The maximum Gasteiger partial charge on any atom is 0.310 e. The molecule has 0 atom stereocenters. The second-order valence-corrected chi connectivity index (χ2v) is 3.01. The zero-order chi connectivity index (χ0) is 12.1. The van der Waals surface area contributed by atoms with Crippen LogP contribution in [0.1, 0.15) is 12.5 Å². The molecule has 0 spiro atoms. The number of carbonyl (C=O) groups is 1. The summed E-state index contributed by atoms with van der Waals surface area (Å²) in [6.45, 7) is 1.84. The fourth-order valence-electron chi connectivity index (χ4n) is 1.22. The number of rotatable bonds is 4. The molecular weight excluding hydrogens is 217 g/mol. The fraction of sp³-hybridized carbons (Fsp3) is 0.300. The van der Waals surface area contributed by atoms with Crippen LogP contribution >= 0.6 is 0 Å². The van der Waals surface area contributed by atoms with Gasteiger partial charge in [0.05, 0.1) is 24.0 Å². The Morgan fingerprint density at radius 1 is 1.56 bits per heavy atom. The van der Waals surface area contributed by atoms with Crippen molar-refractivity contribution in [3.8, 4) is 0 Å². The average molecular weight is 227 g/mol. The molecule has 0 unspecified atom stereocenters. The Morgan fingerprint density at radius 3 is 2.81 bits per heavy atom. The van der Waals surface area contributed by atoms with Crippen molar-refractivity contribution in [2.75, 3.05) is 6.61 Å². The molecule has 0 aliphatic rings. The minimum absolute atomic E-state index is 0.143. The molecule has 1 aromatic carbocycles. The average Bonchev–Trinajstić information content (AvgIpc) is 2.20. The molecule has 6 heteroatoms. The van der Waals surface area contributed by atoms with Gasteiger partial charge in [0, 0.05) is 5.56 Å². The number of carbonyl (C=O) groups excluding carboxylic acids is 1. The number of ether oxygens (including phenoxy) is 1. The number of nitro groups is 1. The Bertz CT molecular complexity index is 419. The summed E-state index contributed by atoms with van der Waals surface area (Å²) in [4.78, 5) is 21.0. The molecule has 86 valence electrons. The Hall–Kier alpha value is -1.98. The van der Waals surface area contributed by atoms with E-state index in [1.54, 1.807) is 6.92 Å². The van der Waals surface area contributed by atoms with Crippen LogP contribution in [0.15, 0.2) is 18.2 Å². The van der Waals surface area contributed by atoms with Crippen LogP contribution in [0.5, 0.6) is 0 Å². The molecule has 0 fully saturated rings. The van der Waals surface area contributed by atoms with Crippen molar-refractivity contribution in [3.05, 3.63) is 39.7 Å². The summed E-state index contributed by atoms with van der Waals surface area (Å²) in [6.07, 6.45) is -0.232. The van der Waals surface area contributed by atoms with Gasteiger partial charge in [0.2, 0.25) is 0 Å². The second-order valence-electron chi connectivity index (χ2n) is 3.01. The monoisotopic (exact) mass is 227 g/mol. The summed E-state index contributed by atoms with van der Waals surface area (Å²) in [6, 6.07) is 3.07. The van der Waals surface area contributed by atoms with E-state index >= 15 is 0 Å². The molecule has 0 saturated carbocycles. The lowest BCUT2D eigenvalue weighted by molar-refractivity contribution is -0.385. The number of hydrogen-bond donors (Lipinski definition) is 0. The van der Waals surface area contributed by atoms with E-state index < -0.39 is 22.4 Å². The van der Waals surface area contributed by atoms with Gasteiger partial charge in [0.1, 0.15) is 5.82 Å². The van der Waals surface area contributed by atoms with Gasteiger partial charge in [-0.1, -0.05) is 0 Å². The van der Waals surface area contributed by atoms with Gasteiger partial charge in [-0.25, -0.2) is 4.39 Å². The van der Waals surface area contributed by atoms with Crippen LogP contribution in [0, 0.1) is 15.9 Å². The van der Waals surface area contributed by atoms with E-state index in [-0.39, 0.29) is 18.6 Å². The van der Waals surface area contributed by atoms with E-state index in [1.165, 1.54) is 6.07 Å². The smallest absolute Gasteiger partial charge is 0.310 e. The summed E-state index contributed by atoms with van der Waals surface area (Å²) in [5.41, 5.74) is -0.266. The molecule has 0 radical (unpaired) electrons. The first kappa shape index (κ1) is 12.1. The van der Waals surface area contributed by atoms with Crippen molar-refractivity contribution in [1.82, 2.24) is 0 Å². The molecule has 1 rings (SSSR count). The van der Waals surface area contributed by atoms with Crippen LogP contribution in [-0.4, -0.2) is 17.5 Å². The van der Waals surface area contributed by atoms with Crippen LogP contribution in [0.3, 0.4) is 0 Å². The predicted molar refractivity (Wildman–Crippen MR) is 53.4 cm³/mol. The first-order chi connectivity index (χ1) is 7.54. The molecule has 0 aromatic heterocycles. The van der Waals surface area contributed by atoms with Gasteiger partial charge in [0.15, 0.2) is 0 Å². The van der Waals surface area contributed by atoms with Crippen molar-refractivity contribution in [1.29, 1.82) is 0 Å². The topological polar surface area (TPSA) is 69.4 Å². The molecule has 1 aromatic rings. The predicted octanol–water partition coefficient (Wildman–Crippen LogP) is 1.84. The second kappa shape index (κ2) is 5.20. The van der Waals surface area contributed by atoms with Gasteiger partial charge in [0.25, 0.3) is 5.69 Å². The Kier molecular flexibility index (Phi) is 3.93. The molecule has 0 heterocycles. The maximum absolute atomic E-state index is 12.8. The molecule has 16 heavy (non-hydrogen) atoms. The first-order valence-corrected chi connectivity index (χ1v) is 4.63. The Labute approximate surface area is 91.0 Å². The molecule has 0 aliphatic carbocycles. The summed E-state index contributed by atoms with van der Waals surface area (Å²) >= 11 is 0. The van der Waals surface area contributed by atoms with Gasteiger partial charge < -0.3 is 4.74 Å². The number of benzene rings is 1. The van der Waals surface area contributed by atoms with Gasteiger partial charge in [-0.15, -0.1) is 0 Å². The number of hydrogen-bond acceptors (Lipinski definition) is 4. The number of nitro benzene ring substituents is 1. The lowest BCUT2D eigenvalue weighted by Gasteiger charge is -2.03. The van der Waals surface area contributed by atoms with Crippen molar-refractivity contribution in [2.45, 2.75) is 13.3 Å². The molecule has 0 saturated heterocycles. The highest BCUT2D eigenvalue weighted by atomic mass is 19.1. The third-order valence-corrected chi connectivity index (χ3v) is 1.88. The summed E-state index contributed by atoms with van der Waals surface area (Å²) in [5, 5.41) is 10.6. The van der Waals surface area contributed by atoms with Crippen LogP contribution < -0.4 is 0 Å². The van der Waals surface area contributed by atoms with E-state index in [0.29, 0.717) is 0 Å². The molecular formula is C10H10FNO4. The van der Waals surface area contributed by atoms with Crippen molar-refractivity contribution >= 4 is 11.7 Å². The fourth-order valence-corrected chi connectivity index (χ4v) is 1.22. The maximum atomic E-state index is 12.8. The van der Waals surface area contributed by atoms with E-state index in [0.717, 1.165) is 12.1 Å². The van der Waals surface area contributed by atoms with Crippen LogP contribution in [0.2, 0.25) is 0 Å². The van der Waals surface area contributed by atoms with Crippen LogP contribution in [0.25, 0.3) is 0 Å². The highest BCUT2D eigenvalue weighted by Gasteiger charge is 2.17. The summed E-state index contributed by atoms with van der Waals surface area (Å²) in [5.74, 6) is -1.28. The largest absolute Gasteiger partial charge is 0.466 e. The van der Waals surface area contributed by atoms with Crippen molar-refractivity contribution < 1.29 is 18.8 Å². The van der Waals surface area contributed by atoms with E-state index in [4.69, 9.17) is 0 Å². The van der Waals surface area contributed by atoms with E-state index in [1.807, 2.05) is 0 Å². The Balaban J connectivity index is 2.95. The van der Waals surface area contributed by atoms with E-state index in [9.17, 15) is 19.3 Å². The number of esters is 1. The van der Waals surface area contributed by atoms with Gasteiger partial charge in [-0.2, -0.15) is 0 Å². The normalized spacial score (nSPS) is 9.88. The zero-order valence-electron chi connectivity index (χ0n) is 8.60. The number of halogens is 1. The zero-order valence-corrected chi connectivity index (χ0v) is 8.60. The van der Waals surface area contributed by atoms with Gasteiger partial charge in [-0.05, 0) is 19.1 Å². The lowest BCUT2D eigenvalue weighted by atomic mass is 10.1. The molecule has 0 N–H and O–H groups in total. The minimum Gasteiger partial charge on any atom is -0.466 e. The minimum atomic E-state index is -0.725. The van der Waals surface area contributed by atoms with Crippen LogP contribution in [0.4, 0.5) is 10.1 Å². The summed E-state index contributed by atoms with van der Waals surface area (Å²) in [7, 11) is 0. The van der Waals surface area contributed by atoms with Crippen molar-refractivity contribution in [2.24, 2.45) is 0 Å². The van der Waals surface area contributed by atoms with Crippen molar-refractivity contribution in [3.63, 3.8) is 0 Å². The molecule has 0 bridgehead atoms. The SMILES string of the molecule is CCOC(=O)Cc1ccc(F)cc1[N+](=O)[O-]. The molecule has 5 nitrogen and oxygen atoms in total. The van der Waals surface area contributed by atoms with Crippen LogP contribution in [-0.2, 0) is 16.0 Å². The third kappa shape index (κ3) is 3.01. The standard InChI is InChI=1S/C10H10FNO4/c1-2-16-10(13)5-7-3-4-8(11)6-9(7)12(14)15/h3-4,6H,2,5H2,1H3. The highest BCUT2D eigenvalue weighted by molar-refractivity contribution is 5.74. The highest BCUT2D eigenvalue weighted by Crippen LogP contribution is 2.20. The number of nitrogens with zero attached hydrogens (tertiary/aromatic N) is 1. The lowest BCUT2D eigenvalue weighted by Crippen LogP contribution is -2.09. The van der Waals surface area contributed by atoms with E-state index in [2.05, 4.69) is 4.74 Å². The van der Waals surface area contributed by atoms with Gasteiger partial charge in [-0.3, -0.25) is 14.9 Å². The molecule has 0 amide bonds. The third-order valence-electron chi connectivity index (χ3n) is 1.88.